The lowest BCUT2D eigenvalue weighted by molar-refractivity contribution is 0.0251. The summed E-state index contributed by atoms with van der Waals surface area (Å²) in [4.78, 5) is 12.4. The topological polar surface area (TPSA) is 56.1 Å². The summed E-state index contributed by atoms with van der Waals surface area (Å²) in [7, 11) is 0. The first kappa shape index (κ1) is 22.8. The molecule has 1 amide bonds. The first-order valence-corrected chi connectivity index (χ1v) is 9.88. The Morgan fingerprint density at radius 1 is 1.14 bits per heavy atom. The SMILES string of the molecule is CC(C)c1cc(C(C)C)n(CC(OC(=O)Nc2ccc(F)cc2F)C(C)(C)C)n1. The van der Waals surface area contributed by atoms with Gasteiger partial charge in [0.2, 0.25) is 0 Å². The molecular weight excluding hydrogens is 376 g/mol. The van der Waals surface area contributed by atoms with Crippen LogP contribution in [0.2, 0.25) is 0 Å². The third-order valence-corrected chi connectivity index (χ3v) is 4.73. The molecule has 0 radical (unpaired) electrons. The van der Waals surface area contributed by atoms with Gasteiger partial charge in [0.25, 0.3) is 0 Å². The Morgan fingerprint density at radius 2 is 1.79 bits per heavy atom. The molecule has 0 fully saturated rings. The molecule has 0 aliphatic carbocycles. The number of halogens is 2. The van der Waals surface area contributed by atoms with Gasteiger partial charge in [-0.3, -0.25) is 10.00 Å². The van der Waals surface area contributed by atoms with Gasteiger partial charge in [-0.1, -0.05) is 48.5 Å². The van der Waals surface area contributed by atoms with Gasteiger partial charge in [0, 0.05) is 17.2 Å². The van der Waals surface area contributed by atoms with Crippen LogP contribution in [0.25, 0.3) is 0 Å². The number of carbonyl (C=O) groups is 1. The fourth-order valence-electron chi connectivity index (χ4n) is 2.85. The van der Waals surface area contributed by atoms with E-state index in [-0.39, 0.29) is 22.9 Å². The summed E-state index contributed by atoms with van der Waals surface area (Å²) in [5.74, 6) is -1.02. The van der Waals surface area contributed by atoms with E-state index in [4.69, 9.17) is 9.84 Å². The minimum absolute atomic E-state index is 0.131. The monoisotopic (exact) mass is 407 g/mol. The van der Waals surface area contributed by atoms with Crippen LogP contribution in [0.3, 0.4) is 0 Å². The highest BCUT2D eigenvalue weighted by Gasteiger charge is 2.30. The third-order valence-electron chi connectivity index (χ3n) is 4.73. The standard InChI is InChI=1S/C22H31F2N3O2/c1-13(2)18-11-19(14(3)4)27(26-18)12-20(22(5,6)7)29-21(28)25-17-9-8-15(23)10-16(17)24/h8-11,13-14,20H,12H2,1-7H3,(H,25,28). The smallest absolute Gasteiger partial charge is 0.412 e. The van der Waals surface area contributed by atoms with E-state index >= 15 is 0 Å². The number of nitrogens with zero attached hydrogens (tertiary/aromatic N) is 2. The molecule has 0 spiro atoms. The lowest BCUT2D eigenvalue weighted by Crippen LogP contribution is -2.37. The Labute approximate surface area is 171 Å². The van der Waals surface area contributed by atoms with Gasteiger partial charge in [0.05, 0.1) is 17.9 Å². The van der Waals surface area contributed by atoms with Crippen molar-refractivity contribution < 1.29 is 18.3 Å². The van der Waals surface area contributed by atoms with E-state index in [0.717, 1.165) is 23.5 Å². The molecule has 0 bridgehead atoms. The quantitative estimate of drug-likeness (QED) is 0.632. The van der Waals surface area contributed by atoms with E-state index in [0.29, 0.717) is 12.6 Å². The van der Waals surface area contributed by atoms with Gasteiger partial charge in [-0.2, -0.15) is 5.10 Å². The van der Waals surface area contributed by atoms with Gasteiger partial charge in [-0.05, 0) is 30.0 Å². The van der Waals surface area contributed by atoms with Crippen molar-refractivity contribution in [2.75, 3.05) is 5.32 Å². The second-order valence-corrected chi connectivity index (χ2v) is 8.99. The van der Waals surface area contributed by atoms with Crippen molar-refractivity contribution >= 4 is 11.8 Å². The number of hydrogen-bond acceptors (Lipinski definition) is 3. The molecule has 1 heterocycles. The van der Waals surface area contributed by atoms with Crippen LogP contribution in [-0.2, 0) is 11.3 Å². The molecule has 1 aromatic heterocycles. The average molecular weight is 408 g/mol. The summed E-state index contributed by atoms with van der Waals surface area (Å²) in [6.07, 6.45) is -1.30. The molecule has 2 rings (SSSR count). The Hall–Kier alpha value is -2.44. The zero-order chi connectivity index (χ0) is 21.9. The van der Waals surface area contributed by atoms with Crippen molar-refractivity contribution in [3.8, 4) is 0 Å². The van der Waals surface area contributed by atoms with Gasteiger partial charge in [-0.25, -0.2) is 13.6 Å². The first-order chi connectivity index (χ1) is 13.4. The van der Waals surface area contributed by atoms with Crippen LogP contribution in [0.1, 0.15) is 71.7 Å². The van der Waals surface area contributed by atoms with Crippen molar-refractivity contribution in [1.82, 2.24) is 9.78 Å². The number of hydrogen-bond donors (Lipinski definition) is 1. The summed E-state index contributed by atoms with van der Waals surface area (Å²) >= 11 is 0. The van der Waals surface area contributed by atoms with Crippen LogP contribution in [0, 0.1) is 17.0 Å². The summed E-state index contributed by atoms with van der Waals surface area (Å²) in [5.41, 5.74) is 1.54. The molecule has 7 heteroatoms. The lowest BCUT2D eigenvalue weighted by atomic mass is 9.89. The van der Waals surface area contributed by atoms with E-state index < -0.39 is 23.8 Å². The molecule has 0 saturated carbocycles. The maximum Gasteiger partial charge on any atom is 0.412 e. The Kier molecular flexibility index (Phi) is 7.03. The highest BCUT2D eigenvalue weighted by molar-refractivity contribution is 5.84. The van der Waals surface area contributed by atoms with E-state index in [9.17, 15) is 13.6 Å². The van der Waals surface area contributed by atoms with Crippen LogP contribution < -0.4 is 5.32 Å². The molecule has 160 valence electrons. The number of ether oxygens (including phenoxy) is 1. The van der Waals surface area contributed by atoms with Gasteiger partial charge in [0.15, 0.2) is 0 Å². The summed E-state index contributed by atoms with van der Waals surface area (Å²) in [5, 5.41) is 7.06. The molecule has 29 heavy (non-hydrogen) atoms. The van der Waals surface area contributed by atoms with E-state index in [1.807, 2.05) is 25.5 Å². The fraction of sp³-hybridized carbons (Fsp3) is 0.545. The Morgan fingerprint density at radius 3 is 2.31 bits per heavy atom. The summed E-state index contributed by atoms with van der Waals surface area (Å²) in [6, 6.07) is 5.04. The minimum atomic E-state index is -0.856. The number of rotatable bonds is 6. The molecule has 0 aliphatic heterocycles. The third kappa shape index (κ3) is 6.02. The zero-order valence-corrected chi connectivity index (χ0v) is 18.2. The predicted octanol–water partition coefficient (Wildman–Crippen LogP) is 6.07. The van der Waals surface area contributed by atoms with Crippen LogP contribution in [0.5, 0.6) is 0 Å². The van der Waals surface area contributed by atoms with Gasteiger partial charge in [0.1, 0.15) is 17.7 Å². The number of amides is 1. The normalized spacial score (nSPS) is 13.1. The van der Waals surface area contributed by atoms with Crippen LogP contribution in [-0.4, -0.2) is 22.0 Å². The van der Waals surface area contributed by atoms with E-state index in [2.05, 4.69) is 39.1 Å². The van der Waals surface area contributed by atoms with Crippen molar-refractivity contribution in [2.24, 2.45) is 5.41 Å². The molecule has 1 atom stereocenters. The number of benzene rings is 1. The maximum absolute atomic E-state index is 13.8. The highest BCUT2D eigenvalue weighted by atomic mass is 19.1. The largest absolute Gasteiger partial charge is 0.443 e. The molecule has 2 aromatic rings. The van der Waals surface area contributed by atoms with Crippen molar-refractivity contribution in [1.29, 1.82) is 0 Å². The maximum atomic E-state index is 13.8. The van der Waals surface area contributed by atoms with Crippen LogP contribution >= 0.6 is 0 Å². The molecule has 0 aliphatic rings. The van der Waals surface area contributed by atoms with E-state index in [1.165, 1.54) is 0 Å². The zero-order valence-electron chi connectivity index (χ0n) is 18.2. The number of nitrogens with one attached hydrogen (secondary N) is 1. The molecule has 1 aromatic carbocycles. The Bertz CT molecular complexity index is 854. The minimum Gasteiger partial charge on any atom is -0.443 e. The fourth-order valence-corrected chi connectivity index (χ4v) is 2.85. The highest BCUT2D eigenvalue weighted by Crippen LogP contribution is 2.28. The van der Waals surface area contributed by atoms with Crippen molar-refractivity contribution in [2.45, 2.75) is 73.0 Å². The molecule has 5 nitrogen and oxygen atoms in total. The number of anilines is 1. The Balaban J connectivity index is 2.21. The van der Waals surface area contributed by atoms with Crippen LogP contribution in [0.4, 0.5) is 19.3 Å². The number of carbonyl (C=O) groups excluding carboxylic acids is 1. The van der Waals surface area contributed by atoms with Gasteiger partial charge >= 0.3 is 6.09 Å². The first-order valence-electron chi connectivity index (χ1n) is 9.88. The van der Waals surface area contributed by atoms with Gasteiger partial charge < -0.3 is 4.74 Å². The molecule has 1 N–H and O–H groups in total. The average Bonchev–Trinajstić information content (AvgIpc) is 3.00. The lowest BCUT2D eigenvalue weighted by Gasteiger charge is -2.31. The number of aromatic nitrogens is 2. The van der Waals surface area contributed by atoms with Crippen molar-refractivity contribution in [3.63, 3.8) is 0 Å². The van der Waals surface area contributed by atoms with Crippen LogP contribution in [0.15, 0.2) is 24.3 Å². The summed E-state index contributed by atoms with van der Waals surface area (Å²) < 4.78 is 34.4. The predicted molar refractivity (Wildman–Crippen MR) is 110 cm³/mol. The molecule has 1 unspecified atom stereocenters. The molecular formula is C22H31F2N3O2. The summed E-state index contributed by atoms with van der Waals surface area (Å²) in [6.45, 7) is 14.6. The second kappa shape index (κ2) is 8.93. The molecule has 0 saturated heterocycles. The van der Waals surface area contributed by atoms with Crippen molar-refractivity contribution in [3.05, 3.63) is 47.3 Å². The van der Waals surface area contributed by atoms with Gasteiger partial charge in [-0.15, -0.1) is 0 Å². The second-order valence-electron chi connectivity index (χ2n) is 8.99. The van der Waals surface area contributed by atoms with E-state index in [1.54, 1.807) is 0 Å².